The minimum atomic E-state index is -3.94. The number of hydrogen-bond acceptors (Lipinski definition) is 9. The number of hydrogen-bond donors (Lipinski definition) is 3. The van der Waals surface area contributed by atoms with Gasteiger partial charge >= 0.3 is 5.97 Å². The number of aliphatic hydroxyl groups excluding tert-OH is 1. The molecular weight excluding hydrogens is 631 g/mol. The van der Waals surface area contributed by atoms with Crippen LogP contribution in [0.4, 0.5) is 11.4 Å². The van der Waals surface area contributed by atoms with Crippen molar-refractivity contribution in [2.24, 2.45) is 11.8 Å². The van der Waals surface area contributed by atoms with E-state index in [2.05, 4.69) is 9.44 Å². The summed E-state index contributed by atoms with van der Waals surface area (Å²) in [6.07, 6.45) is 0.380. The minimum Gasteiger partial charge on any atom is -0.504 e. The molecule has 0 amide bonds. The third-order valence-corrected chi connectivity index (χ3v) is 11.1. The zero-order valence-corrected chi connectivity index (χ0v) is 27.3. The number of aliphatic hydroxyl groups is 1. The fraction of sp³-hybridized carbons (Fsp3) is 0.333. The van der Waals surface area contributed by atoms with E-state index in [-0.39, 0.29) is 39.9 Å². The van der Waals surface area contributed by atoms with Gasteiger partial charge in [-0.1, -0.05) is 37.3 Å². The van der Waals surface area contributed by atoms with Gasteiger partial charge in [0.2, 0.25) is 15.8 Å². The molecular formula is C33H37N3O8S2. The quantitative estimate of drug-likeness (QED) is 0.225. The van der Waals surface area contributed by atoms with E-state index in [0.29, 0.717) is 5.56 Å². The normalized spacial score (nSPS) is 18.5. The van der Waals surface area contributed by atoms with Crippen molar-refractivity contribution in [1.29, 1.82) is 0 Å². The van der Waals surface area contributed by atoms with Gasteiger partial charge in [0.05, 0.1) is 15.4 Å². The molecule has 0 bridgehead atoms. The van der Waals surface area contributed by atoms with E-state index in [9.17, 15) is 31.5 Å². The fourth-order valence-corrected chi connectivity index (χ4v) is 7.75. The maximum absolute atomic E-state index is 13.5. The number of ether oxygens (including phenoxy) is 1. The molecule has 1 heterocycles. The third-order valence-electron chi connectivity index (χ3n) is 8.31. The van der Waals surface area contributed by atoms with E-state index in [1.807, 2.05) is 19.0 Å². The molecule has 5 rings (SSSR count). The Labute approximate surface area is 269 Å². The van der Waals surface area contributed by atoms with E-state index in [4.69, 9.17) is 4.74 Å². The summed E-state index contributed by atoms with van der Waals surface area (Å²) in [6, 6.07) is 20.7. The highest BCUT2D eigenvalue weighted by atomic mass is 32.2. The Morgan fingerprint density at radius 2 is 1.54 bits per heavy atom. The zero-order chi connectivity index (χ0) is 33.2. The van der Waals surface area contributed by atoms with Crippen molar-refractivity contribution in [3.8, 4) is 0 Å². The number of esters is 1. The standard InChI is InChI=1S/C33H37N3O8S2/c1-4-21(20-34-45(40,41)26-11-6-5-7-12-26)32-31(38)30(37)29(33(39)44-32)28(22-13-14-22)23-9-8-10-24(19-23)35-46(42,43)27-17-15-25(16-18-27)36(2)3/h5-12,15-19,21-22,28,32,34-35,37H,4,13-14,20H2,1-3H3. The van der Waals surface area contributed by atoms with Crippen LogP contribution in [0.25, 0.3) is 0 Å². The molecule has 0 radical (unpaired) electrons. The highest BCUT2D eigenvalue weighted by Crippen LogP contribution is 2.49. The molecule has 3 unspecified atom stereocenters. The van der Waals surface area contributed by atoms with Crippen molar-refractivity contribution < 1.29 is 36.3 Å². The van der Waals surface area contributed by atoms with E-state index < -0.39 is 55.5 Å². The van der Waals surface area contributed by atoms with Crippen LogP contribution in [-0.4, -0.2) is 60.4 Å². The van der Waals surface area contributed by atoms with Gasteiger partial charge < -0.3 is 14.7 Å². The number of benzene rings is 3. The third kappa shape index (κ3) is 7.11. The van der Waals surface area contributed by atoms with Crippen LogP contribution in [0, 0.1) is 11.8 Å². The molecule has 46 heavy (non-hydrogen) atoms. The molecule has 13 heteroatoms. The number of ketones is 1. The number of anilines is 2. The summed E-state index contributed by atoms with van der Waals surface area (Å²) in [4.78, 5) is 28.9. The van der Waals surface area contributed by atoms with Crippen molar-refractivity contribution in [2.45, 2.75) is 48.0 Å². The van der Waals surface area contributed by atoms with E-state index >= 15 is 0 Å². The Morgan fingerprint density at radius 1 is 0.891 bits per heavy atom. The zero-order valence-electron chi connectivity index (χ0n) is 25.7. The Kier molecular flexibility index (Phi) is 9.57. The summed E-state index contributed by atoms with van der Waals surface area (Å²) in [5, 5.41) is 11.2. The SMILES string of the molecule is CCC(CNS(=O)(=O)c1ccccc1)C1OC(=O)C(C(c2cccc(NS(=O)(=O)c3ccc(N(C)C)cc3)c2)C2CC2)=C(O)C1=O. The van der Waals surface area contributed by atoms with Gasteiger partial charge in [0.1, 0.15) is 0 Å². The number of Topliss-reactive ketones (excluding diaryl/α,β-unsaturated/α-hetero) is 1. The number of carbonyl (C=O) groups excluding carboxylic acids is 2. The molecule has 3 aromatic rings. The molecule has 3 N–H and O–H groups in total. The van der Waals surface area contributed by atoms with E-state index in [1.54, 1.807) is 61.5 Å². The van der Waals surface area contributed by atoms with Crippen molar-refractivity contribution in [3.05, 3.63) is 95.8 Å². The summed E-state index contributed by atoms with van der Waals surface area (Å²) >= 11 is 0. The molecule has 0 spiro atoms. The van der Waals surface area contributed by atoms with Gasteiger partial charge in [0.15, 0.2) is 11.9 Å². The largest absolute Gasteiger partial charge is 0.504 e. The van der Waals surface area contributed by atoms with Gasteiger partial charge in [-0.05, 0) is 79.3 Å². The van der Waals surface area contributed by atoms with Gasteiger partial charge in [-0.25, -0.2) is 26.4 Å². The molecule has 0 saturated heterocycles. The second-order valence-electron chi connectivity index (χ2n) is 11.7. The number of carbonyl (C=O) groups is 2. The van der Waals surface area contributed by atoms with Crippen LogP contribution < -0.4 is 14.3 Å². The predicted molar refractivity (Wildman–Crippen MR) is 173 cm³/mol. The first-order valence-electron chi connectivity index (χ1n) is 15.0. The summed E-state index contributed by atoms with van der Waals surface area (Å²) < 4.78 is 62.5. The number of sulfonamides is 2. The second-order valence-corrected chi connectivity index (χ2v) is 15.2. The van der Waals surface area contributed by atoms with Gasteiger partial charge in [-0.15, -0.1) is 0 Å². The summed E-state index contributed by atoms with van der Waals surface area (Å²) in [6.45, 7) is 1.54. The van der Waals surface area contributed by atoms with Crippen molar-refractivity contribution >= 4 is 43.2 Å². The molecule has 3 aromatic carbocycles. The van der Waals surface area contributed by atoms with Gasteiger partial charge in [0.25, 0.3) is 10.0 Å². The van der Waals surface area contributed by atoms with Crippen LogP contribution in [0.5, 0.6) is 0 Å². The fourth-order valence-electron chi connectivity index (χ4n) is 5.58. The number of rotatable bonds is 13. The lowest BCUT2D eigenvalue weighted by atomic mass is 9.82. The van der Waals surface area contributed by atoms with Crippen molar-refractivity contribution in [3.63, 3.8) is 0 Å². The molecule has 3 atom stereocenters. The van der Waals surface area contributed by atoms with Gasteiger partial charge in [-0.3, -0.25) is 9.52 Å². The first kappa shape index (κ1) is 33.2. The average molecular weight is 668 g/mol. The van der Waals surface area contributed by atoms with Crippen molar-refractivity contribution in [1.82, 2.24) is 4.72 Å². The van der Waals surface area contributed by atoms with Crippen LogP contribution in [0.3, 0.4) is 0 Å². The molecule has 2 aliphatic rings. The lowest BCUT2D eigenvalue weighted by molar-refractivity contribution is -0.158. The van der Waals surface area contributed by atoms with Gasteiger partial charge in [-0.2, -0.15) is 0 Å². The van der Waals surface area contributed by atoms with Crippen LogP contribution in [0.15, 0.2) is 100.0 Å². The first-order chi connectivity index (χ1) is 21.8. The Hall–Kier alpha value is -4.20. The Balaban J connectivity index is 1.37. The first-order valence-corrected chi connectivity index (χ1v) is 17.9. The average Bonchev–Trinajstić information content (AvgIpc) is 3.87. The number of nitrogens with zero attached hydrogens (tertiary/aromatic N) is 1. The highest BCUT2D eigenvalue weighted by Gasteiger charge is 2.47. The summed E-state index contributed by atoms with van der Waals surface area (Å²) in [5.74, 6) is -3.89. The minimum absolute atomic E-state index is 0.0564. The van der Waals surface area contributed by atoms with Crippen LogP contribution in [0.1, 0.15) is 37.7 Å². The monoisotopic (exact) mass is 667 g/mol. The number of cyclic esters (lactones) is 1. The molecule has 1 aliphatic heterocycles. The predicted octanol–water partition coefficient (Wildman–Crippen LogP) is 4.36. The highest BCUT2D eigenvalue weighted by molar-refractivity contribution is 7.92. The summed E-state index contributed by atoms with van der Waals surface area (Å²) in [7, 11) is -4.11. The second kappa shape index (κ2) is 13.3. The molecule has 1 fully saturated rings. The van der Waals surface area contributed by atoms with Crippen molar-refractivity contribution in [2.75, 3.05) is 30.3 Å². The van der Waals surface area contributed by atoms with E-state index in [0.717, 1.165) is 18.5 Å². The lowest BCUT2D eigenvalue weighted by Gasteiger charge is -2.31. The lowest BCUT2D eigenvalue weighted by Crippen LogP contribution is -2.45. The van der Waals surface area contributed by atoms with Crippen LogP contribution in [0.2, 0.25) is 0 Å². The summed E-state index contributed by atoms with van der Waals surface area (Å²) in [5.41, 5.74) is 1.46. The van der Waals surface area contributed by atoms with Crippen LogP contribution in [-0.2, 0) is 34.4 Å². The maximum Gasteiger partial charge on any atom is 0.339 e. The Morgan fingerprint density at radius 3 is 2.15 bits per heavy atom. The molecule has 1 saturated carbocycles. The smallest absolute Gasteiger partial charge is 0.339 e. The molecule has 0 aromatic heterocycles. The van der Waals surface area contributed by atoms with E-state index in [1.165, 1.54) is 24.3 Å². The number of nitrogens with one attached hydrogen (secondary N) is 2. The molecule has 244 valence electrons. The Bertz CT molecular complexity index is 1850. The van der Waals surface area contributed by atoms with Gasteiger partial charge in [0, 0.05) is 43.9 Å². The van der Waals surface area contributed by atoms with Crippen LogP contribution >= 0.6 is 0 Å². The molecule has 1 aliphatic carbocycles. The maximum atomic E-state index is 13.5. The topological polar surface area (TPSA) is 159 Å². The molecule has 11 nitrogen and oxygen atoms in total.